The number of alkyl halides is 3. The van der Waals surface area contributed by atoms with E-state index in [4.69, 9.17) is 0 Å². The second-order valence-electron chi connectivity index (χ2n) is 5.61. The molecule has 0 saturated carbocycles. The standard InChI is InChI=1S/C13H22F3N5/c1-4-9(2)10(17-3)7-20-5-6-21-11(8-20)18-19-12(21)13(14,15)16/h9-10,17H,4-8H2,1-3H3. The lowest BCUT2D eigenvalue weighted by Gasteiger charge is -2.33. The summed E-state index contributed by atoms with van der Waals surface area (Å²) >= 11 is 0. The molecular weight excluding hydrogens is 283 g/mol. The molecule has 21 heavy (non-hydrogen) atoms. The summed E-state index contributed by atoms with van der Waals surface area (Å²) in [4.78, 5) is 2.14. The lowest BCUT2D eigenvalue weighted by atomic mass is 9.98. The van der Waals surface area contributed by atoms with E-state index in [1.807, 2.05) is 7.05 Å². The molecule has 8 heteroatoms. The molecule has 0 radical (unpaired) electrons. The summed E-state index contributed by atoms with van der Waals surface area (Å²) in [6, 6.07) is 0.326. The summed E-state index contributed by atoms with van der Waals surface area (Å²) < 4.78 is 39.5. The van der Waals surface area contributed by atoms with Crippen LogP contribution in [-0.2, 0) is 19.3 Å². The highest BCUT2D eigenvalue weighted by atomic mass is 19.4. The van der Waals surface area contributed by atoms with Crippen LogP contribution in [0.4, 0.5) is 13.2 Å². The number of halogens is 3. The molecule has 2 rings (SSSR count). The van der Waals surface area contributed by atoms with E-state index in [-0.39, 0.29) is 6.54 Å². The molecule has 0 aromatic carbocycles. The molecule has 0 aliphatic carbocycles. The van der Waals surface area contributed by atoms with E-state index in [1.54, 1.807) is 0 Å². The molecule has 5 nitrogen and oxygen atoms in total. The first-order chi connectivity index (χ1) is 9.86. The maximum Gasteiger partial charge on any atom is 0.451 e. The van der Waals surface area contributed by atoms with E-state index in [0.717, 1.165) is 13.0 Å². The van der Waals surface area contributed by atoms with Gasteiger partial charge < -0.3 is 9.88 Å². The van der Waals surface area contributed by atoms with Gasteiger partial charge in [0.2, 0.25) is 5.82 Å². The SMILES string of the molecule is CCC(C)C(CN1CCn2c(nnc2C(F)(F)F)C1)NC. The first-order valence-corrected chi connectivity index (χ1v) is 7.25. The van der Waals surface area contributed by atoms with Crippen molar-refractivity contribution in [1.29, 1.82) is 0 Å². The highest BCUT2D eigenvalue weighted by Gasteiger charge is 2.39. The molecule has 0 saturated heterocycles. The molecule has 2 unspecified atom stereocenters. The number of aromatic nitrogens is 3. The molecule has 0 spiro atoms. The smallest absolute Gasteiger partial charge is 0.315 e. The van der Waals surface area contributed by atoms with E-state index < -0.39 is 12.0 Å². The summed E-state index contributed by atoms with van der Waals surface area (Å²) in [6.07, 6.45) is -3.37. The normalized spacial score (nSPS) is 19.3. The monoisotopic (exact) mass is 305 g/mol. The van der Waals surface area contributed by atoms with Crippen LogP contribution in [0.25, 0.3) is 0 Å². The van der Waals surface area contributed by atoms with Crippen LogP contribution < -0.4 is 5.32 Å². The first kappa shape index (κ1) is 16.2. The van der Waals surface area contributed by atoms with Gasteiger partial charge >= 0.3 is 6.18 Å². The predicted octanol–water partition coefficient (Wildman–Crippen LogP) is 1.75. The minimum absolute atomic E-state index is 0.286. The van der Waals surface area contributed by atoms with Crippen LogP contribution in [0.2, 0.25) is 0 Å². The van der Waals surface area contributed by atoms with Gasteiger partial charge in [0.05, 0.1) is 6.54 Å². The molecule has 0 amide bonds. The zero-order valence-corrected chi connectivity index (χ0v) is 12.6. The highest BCUT2D eigenvalue weighted by molar-refractivity contribution is 5.02. The van der Waals surface area contributed by atoms with Crippen LogP contribution >= 0.6 is 0 Å². The zero-order chi connectivity index (χ0) is 15.6. The number of hydrogen-bond acceptors (Lipinski definition) is 4. The topological polar surface area (TPSA) is 46.0 Å². The summed E-state index contributed by atoms with van der Waals surface area (Å²) in [7, 11) is 1.92. The number of fused-ring (bicyclic) bond motifs is 1. The lowest BCUT2D eigenvalue weighted by molar-refractivity contribution is -0.148. The fourth-order valence-corrected chi connectivity index (χ4v) is 2.69. The van der Waals surface area contributed by atoms with Gasteiger partial charge in [-0.3, -0.25) is 4.90 Å². The quantitative estimate of drug-likeness (QED) is 0.900. The number of nitrogens with one attached hydrogen (secondary N) is 1. The average Bonchev–Trinajstić information content (AvgIpc) is 2.86. The lowest BCUT2D eigenvalue weighted by Crippen LogP contribution is -2.46. The van der Waals surface area contributed by atoms with Crippen molar-refractivity contribution in [2.24, 2.45) is 5.92 Å². The Balaban J connectivity index is 2.05. The van der Waals surface area contributed by atoms with Gasteiger partial charge in [-0.1, -0.05) is 20.3 Å². The molecule has 0 fully saturated rings. The van der Waals surface area contributed by atoms with Crippen LogP contribution in [0.15, 0.2) is 0 Å². The van der Waals surface area contributed by atoms with Crippen molar-refractivity contribution in [3.8, 4) is 0 Å². The largest absolute Gasteiger partial charge is 0.451 e. The molecule has 2 heterocycles. The van der Waals surface area contributed by atoms with E-state index in [0.29, 0.717) is 30.9 Å². The van der Waals surface area contributed by atoms with Crippen molar-refractivity contribution in [3.63, 3.8) is 0 Å². The van der Waals surface area contributed by atoms with E-state index in [1.165, 1.54) is 4.57 Å². The molecule has 1 N–H and O–H groups in total. The first-order valence-electron chi connectivity index (χ1n) is 7.25. The van der Waals surface area contributed by atoms with E-state index >= 15 is 0 Å². The van der Waals surface area contributed by atoms with Crippen LogP contribution in [-0.4, -0.2) is 45.8 Å². The summed E-state index contributed by atoms with van der Waals surface area (Å²) in [5.74, 6) is 0.0253. The van der Waals surface area contributed by atoms with Crippen molar-refractivity contribution >= 4 is 0 Å². The van der Waals surface area contributed by atoms with Crippen molar-refractivity contribution in [2.45, 2.75) is 45.6 Å². The van der Waals surface area contributed by atoms with Gasteiger partial charge in [-0.2, -0.15) is 13.2 Å². The Morgan fingerprint density at radius 1 is 1.29 bits per heavy atom. The molecular formula is C13H22F3N5. The second-order valence-corrected chi connectivity index (χ2v) is 5.61. The van der Waals surface area contributed by atoms with Crippen molar-refractivity contribution in [1.82, 2.24) is 25.0 Å². The summed E-state index contributed by atoms with van der Waals surface area (Å²) in [6.45, 7) is 6.40. The van der Waals surface area contributed by atoms with Gasteiger partial charge in [0, 0.05) is 25.7 Å². The van der Waals surface area contributed by atoms with E-state index in [9.17, 15) is 13.2 Å². The second kappa shape index (κ2) is 6.31. The molecule has 120 valence electrons. The van der Waals surface area contributed by atoms with Crippen LogP contribution in [0, 0.1) is 5.92 Å². The fraction of sp³-hybridized carbons (Fsp3) is 0.846. The maximum atomic E-state index is 12.8. The minimum Gasteiger partial charge on any atom is -0.315 e. The van der Waals surface area contributed by atoms with Gasteiger partial charge in [-0.15, -0.1) is 10.2 Å². The third-order valence-corrected chi connectivity index (χ3v) is 4.24. The Morgan fingerprint density at radius 2 is 2.00 bits per heavy atom. The fourth-order valence-electron chi connectivity index (χ4n) is 2.69. The van der Waals surface area contributed by atoms with Crippen molar-refractivity contribution in [2.75, 3.05) is 20.1 Å². The van der Waals surface area contributed by atoms with Crippen molar-refractivity contribution < 1.29 is 13.2 Å². The molecule has 0 bridgehead atoms. The Bertz CT molecular complexity index is 471. The molecule has 1 aliphatic rings. The third kappa shape index (κ3) is 3.55. The number of hydrogen-bond donors (Lipinski definition) is 1. The van der Waals surface area contributed by atoms with Gasteiger partial charge in [0.25, 0.3) is 0 Å². The van der Waals surface area contributed by atoms with E-state index in [2.05, 4.69) is 34.3 Å². The minimum atomic E-state index is -4.43. The summed E-state index contributed by atoms with van der Waals surface area (Å²) in [5, 5.41) is 10.3. The average molecular weight is 305 g/mol. The molecule has 1 aliphatic heterocycles. The highest BCUT2D eigenvalue weighted by Crippen LogP contribution is 2.29. The van der Waals surface area contributed by atoms with Gasteiger partial charge in [-0.25, -0.2) is 0 Å². The number of nitrogens with zero attached hydrogens (tertiary/aromatic N) is 4. The Hall–Kier alpha value is -1.15. The van der Waals surface area contributed by atoms with Gasteiger partial charge in [-0.05, 0) is 13.0 Å². The predicted molar refractivity (Wildman–Crippen MR) is 72.6 cm³/mol. The zero-order valence-electron chi connectivity index (χ0n) is 12.6. The van der Waals surface area contributed by atoms with Crippen LogP contribution in [0.5, 0.6) is 0 Å². The van der Waals surface area contributed by atoms with Crippen molar-refractivity contribution in [3.05, 3.63) is 11.6 Å². The number of likely N-dealkylation sites (N-methyl/N-ethyl adjacent to an activating group) is 1. The molecule has 1 aromatic rings. The maximum absolute atomic E-state index is 12.8. The summed E-state index contributed by atoms with van der Waals surface area (Å²) in [5.41, 5.74) is 0. The Morgan fingerprint density at radius 3 is 2.57 bits per heavy atom. The Labute approximate surface area is 122 Å². The Kier molecular flexibility index (Phi) is 4.88. The van der Waals surface area contributed by atoms with Gasteiger partial charge in [0.1, 0.15) is 5.82 Å². The van der Waals surface area contributed by atoms with Crippen LogP contribution in [0.3, 0.4) is 0 Å². The van der Waals surface area contributed by atoms with Gasteiger partial charge in [0.15, 0.2) is 0 Å². The number of rotatable bonds is 5. The third-order valence-electron chi connectivity index (χ3n) is 4.24. The molecule has 1 aromatic heterocycles. The molecule has 2 atom stereocenters. The van der Waals surface area contributed by atoms with Crippen LogP contribution in [0.1, 0.15) is 31.9 Å².